The molecule has 0 aliphatic carbocycles. The van der Waals surface area contributed by atoms with Crippen LogP contribution in [0, 0.1) is 6.92 Å². The van der Waals surface area contributed by atoms with Crippen molar-refractivity contribution in [1.82, 2.24) is 5.32 Å². The van der Waals surface area contributed by atoms with E-state index in [2.05, 4.69) is 5.32 Å². The summed E-state index contributed by atoms with van der Waals surface area (Å²) in [5.41, 5.74) is 1.59. The number of halogens is 1. The maximum atomic E-state index is 13.4. The fourth-order valence-electron chi connectivity index (χ4n) is 3.39. The molecule has 1 aliphatic rings. The van der Waals surface area contributed by atoms with E-state index in [9.17, 15) is 13.2 Å². The first-order valence-electron chi connectivity index (χ1n) is 10.4. The Morgan fingerprint density at radius 3 is 2.52 bits per heavy atom. The highest BCUT2D eigenvalue weighted by molar-refractivity contribution is 7.99. The summed E-state index contributed by atoms with van der Waals surface area (Å²) in [5, 5.41) is 3.30. The molecular weight excluding hydrogens is 480 g/mol. The fraction of sp³-hybridized carbons (Fsp3) is 0.208. The first-order chi connectivity index (χ1) is 15.8. The minimum atomic E-state index is -3.91. The summed E-state index contributed by atoms with van der Waals surface area (Å²) in [6.45, 7) is 2.34. The number of rotatable bonds is 7. The Bertz CT molecular complexity index is 1230. The molecule has 0 radical (unpaired) electrons. The number of para-hydroxylation sites is 2. The first-order valence-corrected chi connectivity index (χ1v) is 13.2. The van der Waals surface area contributed by atoms with E-state index in [4.69, 9.17) is 16.3 Å². The zero-order chi connectivity index (χ0) is 23.4. The summed E-state index contributed by atoms with van der Waals surface area (Å²) in [4.78, 5) is 14.1. The van der Waals surface area contributed by atoms with Crippen molar-refractivity contribution >= 4 is 45.0 Å². The second-order valence-corrected chi connectivity index (χ2v) is 11.0. The first kappa shape index (κ1) is 23.5. The third-order valence-electron chi connectivity index (χ3n) is 5.12. The number of hydrogen-bond acceptors (Lipinski definition) is 5. The third kappa shape index (κ3) is 5.46. The van der Waals surface area contributed by atoms with Gasteiger partial charge in [-0.25, -0.2) is 8.42 Å². The molecular formula is C24H23ClN2O4S2. The molecule has 0 saturated carbocycles. The molecule has 3 aromatic carbocycles. The predicted molar refractivity (Wildman–Crippen MR) is 132 cm³/mol. The molecule has 1 atom stereocenters. The molecule has 1 aliphatic heterocycles. The Kier molecular flexibility index (Phi) is 7.17. The van der Waals surface area contributed by atoms with Crippen LogP contribution in [0.2, 0.25) is 5.02 Å². The van der Waals surface area contributed by atoms with Crippen LogP contribution in [0.5, 0.6) is 5.75 Å². The summed E-state index contributed by atoms with van der Waals surface area (Å²) < 4.78 is 33.8. The summed E-state index contributed by atoms with van der Waals surface area (Å²) in [7, 11) is -3.91. The highest BCUT2D eigenvalue weighted by Crippen LogP contribution is 2.37. The molecule has 1 unspecified atom stereocenters. The van der Waals surface area contributed by atoms with Crippen molar-refractivity contribution in [1.29, 1.82) is 0 Å². The fourth-order valence-corrected chi connectivity index (χ4v) is 5.76. The largest absolute Gasteiger partial charge is 0.476 e. The van der Waals surface area contributed by atoms with Crippen molar-refractivity contribution < 1.29 is 17.9 Å². The Hall–Kier alpha value is -2.68. The molecule has 6 nitrogen and oxygen atoms in total. The summed E-state index contributed by atoms with van der Waals surface area (Å²) in [5.74, 6) is 0.672. The number of benzene rings is 3. The van der Waals surface area contributed by atoms with Gasteiger partial charge in [0.2, 0.25) is 0 Å². The lowest BCUT2D eigenvalue weighted by Gasteiger charge is -2.34. The van der Waals surface area contributed by atoms with E-state index in [0.717, 1.165) is 4.90 Å². The second kappa shape index (κ2) is 10.1. The minimum absolute atomic E-state index is 0.0947. The standard InChI is InChI=1S/C24H23ClN2O4S2/c1-17-6-10-19(11-7-17)32-15-14-26-24(28)23-16-27(21-4-2-3-5-22(21)31-23)33(29,30)20-12-8-18(25)9-13-20/h2-13,23H,14-16H2,1H3,(H,26,28). The van der Waals surface area contributed by atoms with Crippen LogP contribution in [0.25, 0.3) is 0 Å². The predicted octanol–water partition coefficient (Wildman–Crippen LogP) is 4.51. The normalized spacial score (nSPS) is 15.5. The highest BCUT2D eigenvalue weighted by Gasteiger charge is 2.37. The van der Waals surface area contributed by atoms with Gasteiger partial charge >= 0.3 is 0 Å². The average molecular weight is 503 g/mol. The average Bonchev–Trinajstić information content (AvgIpc) is 2.82. The molecule has 4 rings (SSSR count). The van der Waals surface area contributed by atoms with Gasteiger partial charge in [-0.05, 0) is 55.5 Å². The molecule has 0 saturated heterocycles. The van der Waals surface area contributed by atoms with Crippen molar-refractivity contribution in [3.8, 4) is 5.75 Å². The zero-order valence-electron chi connectivity index (χ0n) is 17.9. The maximum Gasteiger partial charge on any atom is 0.264 e. The van der Waals surface area contributed by atoms with Crippen molar-refractivity contribution in [3.05, 3.63) is 83.4 Å². The van der Waals surface area contributed by atoms with Gasteiger partial charge in [-0.15, -0.1) is 11.8 Å². The van der Waals surface area contributed by atoms with E-state index in [1.165, 1.54) is 34.1 Å². The smallest absolute Gasteiger partial charge is 0.264 e. The molecule has 0 aromatic heterocycles. The quantitative estimate of drug-likeness (QED) is 0.380. The topological polar surface area (TPSA) is 75.7 Å². The van der Waals surface area contributed by atoms with Crippen molar-refractivity contribution in [2.45, 2.75) is 22.8 Å². The van der Waals surface area contributed by atoms with E-state index in [1.54, 1.807) is 36.0 Å². The third-order valence-corrected chi connectivity index (χ3v) is 8.18. The number of fused-ring (bicyclic) bond motifs is 1. The van der Waals surface area contributed by atoms with Crippen LogP contribution in [0.15, 0.2) is 82.6 Å². The van der Waals surface area contributed by atoms with E-state index in [0.29, 0.717) is 28.8 Å². The summed E-state index contributed by atoms with van der Waals surface area (Å²) in [6.07, 6.45) is -0.966. The van der Waals surface area contributed by atoms with Crippen LogP contribution < -0.4 is 14.4 Å². The molecule has 172 valence electrons. The van der Waals surface area contributed by atoms with Crippen LogP contribution >= 0.6 is 23.4 Å². The van der Waals surface area contributed by atoms with Gasteiger partial charge in [0.1, 0.15) is 5.75 Å². The lowest BCUT2D eigenvalue weighted by Crippen LogP contribution is -2.51. The second-order valence-electron chi connectivity index (χ2n) is 7.52. The Labute approximate surface area is 203 Å². The number of amides is 1. The van der Waals surface area contributed by atoms with Crippen LogP contribution in [0.1, 0.15) is 5.56 Å². The number of carbonyl (C=O) groups excluding carboxylic acids is 1. The summed E-state index contributed by atoms with van der Waals surface area (Å²) in [6, 6.07) is 20.9. The molecule has 9 heteroatoms. The van der Waals surface area contributed by atoms with Gasteiger partial charge in [-0.2, -0.15) is 0 Å². The van der Waals surface area contributed by atoms with E-state index >= 15 is 0 Å². The van der Waals surface area contributed by atoms with Crippen molar-refractivity contribution in [2.75, 3.05) is 23.1 Å². The Morgan fingerprint density at radius 2 is 1.79 bits per heavy atom. The van der Waals surface area contributed by atoms with E-state index < -0.39 is 16.1 Å². The van der Waals surface area contributed by atoms with Gasteiger partial charge in [0, 0.05) is 22.2 Å². The number of aryl methyl sites for hydroxylation is 1. The zero-order valence-corrected chi connectivity index (χ0v) is 20.3. The number of hydrogen-bond donors (Lipinski definition) is 1. The van der Waals surface area contributed by atoms with E-state index in [-0.39, 0.29) is 17.3 Å². The van der Waals surface area contributed by atoms with Crippen LogP contribution in [-0.4, -0.2) is 39.3 Å². The van der Waals surface area contributed by atoms with Gasteiger partial charge in [0.05, 0.1) is 17.1 Å². The number of thioether (sulfide) groups is 1. The Balaban J connectivity index is 1.46. The van der Waals surface area contributed by atoms with Crippen molar-refractivity contribution in [2.24, 2.45) is 0 Å². The monoisotopic (exact) mass is 502 g/mol. The number of carbonyl (C=O) groups is 1. The number of nitrogens with one attached hydrogen (secondary N) is 1. The van der Waals surface area contributed by atoms with E-state index in [1.807, 2.05) is 31.2 Å². The summed E-state index contributed by atoms with van der Waals surface area (Å²) >= 11 is 7.55. The molecule has 0 spiro atoms. The van der Waals surface area contributed by atoms with Crippen LogP contribution in [0.4, 0.5) is 5.69 Å². The number of anilines is 1. The van der Waals surface area contributed by atoms with Gasteiger partial charge < -0.3 is 10.1 Å². The molecule has 0 bridgehead atoms. The molecule has 1 N–H and O–H groups in total. The van der Waals surface area contributed by atoms with Crippen LogP contribution in [-0.2, 0) is 14.8 Å². The highest BCUT2D eigenvalue weighted by atomic mass is 35.5. The Morgan fingerprint density at radius 1 is 1.09 bits per heavy atom. The molecule has 33 heavy (non-hydrogen) atoms. The van der Waals surface area contributed by atoms with Gasteiger partial charge in [0.25, 0.3) is 15.9 Å². The lowest BCUT2D eigenvalue weighted by molar-refractivity contribution is -0.127. The van der Waals surface area contributed by atoms with Crippen LogP contribution in [0.3, 0.4) is 0 Å². The van der Waals surface area contributed by atoms with Crippen molar-refractivity contribution in [3.63, 3.8) is 0 Å². The number of sulfonamides is 1. The molecule has 0 fully saturated rings. The lowest BCUT2D eigenvalue weighted by atomic mass is 10.2. The van der Waals surface area contributed by atoms with Gasteiger partial charge in [0.15, 0.2) is 6.10 Å². The van der Waals surface area contributed by atoms with Gasteiger partial charge in [-0.3, -0.25) is 9.10 Å². The minimum Gasteiger partial charge on any atom is -0.476 e. The number of nitrogens with zero attached hydrogens (tertiary/aromatic N) is 1. The molecule has 1 heterocycles. The van der Waals surface area contributed by atoms with Gasteiger partial charge in [-0.1, -0.05) is 41.4 Å². The number of ether oxygens (including phenoxy) is 1. The molecule has 3 aromatic rings. The molecule has 1 amide bonds. The SMILES string of the molecule is Cc1ccc(SCCNC(=O)C2CN(S(=O)(=O)c3ccc(Cl)cc3)c3ccccc3O2)cc1. The maximum absolute atomic E-state index is 13.4.